The van der Waals surface area contributed by atoms with Gasteiger partial charge in [0.2, 0.25) is 0 Å². The van der Waals surface area contributed by atoms with Gasteiger partial charge in [0, 0.05) is 63.4 Å². The SMILES string of the molecule is CC(C)N1CCOc2c(F)cc(-c3c(F)cnc(Cc4nc5cc(N6CCN(CCN(C)C)CC6)ncc5[nH]4)c3C#N)cc21. The third-order valence-electron chi connectivity index (χ3n) is 8.34. The Balaban J connectivity index is 1.26. The summed E-state index contributed by atoms with van der Waals surface area (Å²) < 4.78 is 36.2. The average Bonchev–Trinajstić information content (AvgIpc) is 3.42. The van der Waals surface area contributed by atoms with E-state index in [1.54, 1.807) is 12.3 Å². The number of anilines is 2. The van der Waals surface area contributed by atoms with Crippen LogP contribution in [0.25, 0.3) is 22.2 Å². The van der Waals surface area contributed by atoms with Crippen LogP contribution < -0.4 is 14.5 Å². The number of hydrogen-bond donors (Lipinski definition) is 1. The summed E-state index contributed by atoms with van der Waals surface area (Å²) in [5.41, 5.74) is 2.72. The molecule has 0 aliphatic carbocycles. The number of rotatable bonds is 8. The molecule has 0 saturated carbocycles. The molecule has 230 valence electrons. The number of fused-ring (bicyclic) bond motifs is 2. The van der Waals surface area contributed by atoms with Crippen molar-refractivity contribution in [1.82, 2.24) is 29.7 Å². The summed E-state index contributed by atoms with van der Waals surface area (Å²) in [6.07, 6.45) is 3.02. The second-order valence-corrected chi connectivity index (χ2v) is 11.9. The Morgan fingerprint density at radius 1 is 1.05 bits per heavy atom. The van der Waals surface area contributed by atoms with Crippen LogP contribution in [0, 0.1) is 23.0 Å². The maximum absolute atomic E-state index is 15.3. The van der Waals surface area contributed by atoms with Crippen molar-refractivity contribution in [3.8, 4) is 22.9 Å². The van der Waals surface area contributed by atoms with Crippen molar-refractivity contribution in [1.29, 1.82) is 5.26 Å². The molecule has 5 heterocycles. The summed E-state index contributed by atoms with van der Waals surface area (Å²) in [6.45, 7) is 10.8. The van der Waals surface area contributed by atoms with E-state index in [2.05, 4.69) is 49.8 Å². The Morgan fingerprint density at radius 3 is 2.57 bits per heavy atom. The molecule has 1 N–H and O–H groups in total. The number of benzene rings is 1. The largest absolute Gasteiger partial charge is 0.486 e. The van der Waals surface area contributed by atoms with Crippen molar-refractivity contribution >= 4 is 22.5 Å². The molecule has 2 aliphatic rings. The van der Waals surface area contributed by atoms with Crippen molar-refractivity contribution in [2.24, 2.45) is 0 Å². The first kappa shape index (κ1) is 29.7. The van der Waals surface area contributed by atoms with Crippen LogP contribution in [0.4, 0.5) is 20.3 Å². The smallest absolute Gasteiger partial charge is 0.178 e. The molecule has 0 bridgehead atoms. The van der Waals surface area contributed by atoms with E-state index < -0.39 is 11.6 Å². The molecule has 1 fully saturated rings. The number of imidazole rings is 1. The minimum Gasteiger partial charge on any atom is -0.486 e. The summed E-state index contributed by atoms with van der Waals surface area (Å²) in [5, 5.41) is 10.2. The molecule has 44 heavy (non-hydrogen) atoms. The number of nitrogens with zero attached hydrogens (tertiary/aromatic N) is 8. The Hall–Kier alpha value is -4.34. The van der Waals surface area contributed by atoms with Crippen LogP contribution >= 0.6 is 0 Å². The van der Waals surface area contributed by atoms with E-state index in [0.29, 0.717) is 30.4 Å². The number of aromatic amines is 1. The fourth-order valence-corrected chi connectivity index (χ4v) is 5.96. The van der Waals surface area contributed by atoms with E-state index in [1.807, 2.05) is 24.8 Å². The van der Waals surface area contributed by atoms with Gasteiger partial charge in [-0.05, 0) is 45.6 Å². The van der Waals surface area contributed by atoms with Gasteiger partial charge in [-0.2, -0.15) is 5.26 Å². The molecule has 0 amide bonds. The average molecular weight is 602 g/mol. The zero-order valence-electron chi connectivity index (χ0n) is 25.6. The van der Waals surface area contributed by atoms with Gasteiger partial charge in [0.15, 0.2) is 17.4 Å². The number of nitriles is 1. The van der Waals surface area contributed by atoms with Crippen LogP contribution in [0.15, 0.2) is 30.6 Å². The predicted molar refractivity (Wildman–Crippen MR) is 166 cm³/mol. The molecule has 4 aromatic rings. The lowest BCUT2D eigenvalue weighted by Crippen LogP contribution is -2.48. The normalized spacial score (nSPS) is 15.6. The molecule has 10 nitrogen and oxygen atoms in total. The number of likely N-dealkylation sites (N-methyl/N-ethyl adjacent to an activating group) is 1. The molecular formula is C32H37F2N9O. The van der Waals surface area contributed by atoms with Gasteiger partial charge in [0.1, 0.15) is 24.3 Å². The first-order valence-electron chi connectivity index (χ1n) is 15.0. The van der Waals surface area contributed by atoms with Gasteiger partial charge >= 0.3 is 0 Å². The lowest BCUT2D eigenvalue weighted by atomic mass is 9.96. The number of ether oxygens (including phenoxy) is 1. The molecule has 0 radical (unpaired) electrons. The number of pyridine rings is 2. The third-order valence-corrected chi connectivity index (χ3v) is 8.34. The summed E-state index contributed by atoms with van der Waals surface area (Å²) in [6, 6.07) is 7.10. The van der Waals surface area contributed by atoms with Crippen molar-refractivity contribution in [2.45, 2.75) is 26.3 Å². The van der Waals surface area contributed by atoms with Crippen molar-refractivity contribution in [3.63, 3.8) is 0 Å². The molecule has 0 atom stereocenters. The maximum Gasteiger partial charge on any atom is 0.178 e. The number of piperazine rings is 1. The highest BCUT2D eigenvalue weighted by molar-refractivity contribution is 5.79. The summed E-state index contributed by atoms with van der Waals surface area (Å²) in [7, 11) is 4.18. The number of hydrogen-bond acceptors (Lipinski definition) is 9. The van der Waals surface area contributed by atoms with Crippen LogP contribution in [0.2, 0.25) is 0 Å². The van der Waals surface area contributed by atoms with Gasteiger partial charge in [-0.1, -0.05) is 0 Å². The van der Waals surface area contributed by atoms with Crippen LogP contribution in [-0.2, 0) is 6.42 Å². The molecule has 0 unspecified atom stereocenters. The zero-order valence-corrected chi connectivity index (χ0v) is 25.6. The minimum atomic E-state index is -0.697. The van der Waals surface area contributed by atoms with Crippen molar-refractivity contribution in [3.05, 3.63) is 59.3 Å². The second kappa shape index (κ2) is 12.3. The highest BCUT2D eigenvalue weighted by Crippen LogP contribution is 2.41. The fraction of sp³-hybridized carbons (Fsp3) is 0.438. The molecule has 1 saturated heterocycles. The number of H-pyrrole nitrogens is 1. The molecule has 2 aliphatic heterocycles. The monoisotopic (exact) mass is 601 g/mol. The Labute approximate surface area is 255 Å². The molecular weight excluding hydrogens is 564 g/mol. The van der Waals surface area contributed by atoms with Gasteiger partial charge in [-0.15, -0.1) is 0 Å². The topological polar surface area (TPSA) is 100 Å². The van der Waals surface area contributed by atoms with Gasteiger partial charge in [-0.3, -0.25) is 9.88 Å². The molecule has 6 rings (SSSR count). The quantitative estimate of drug-likeness (QED) is 0.321. The first-order valence-corrected chi connectivity index (χ1v) is 15.0. The summed E-state index contributed by atoms with van der Waals surface area (Å²) in [4.78, 5) is 25.9. The molecule has 3 aromatic heterocycles. The second-order valence-electron chi connectivity index (χ2n) is 11.9. The maximum atomic E-state index is 15.3. The van der Waals surface area contributed by atoms with E-state index in [-0.39, 0.29) is 34.9 Å². The third kappa shape index (κ3) is 5.89. The van der Waals surface area contributed by atoms with Gasteiger partial charge in [0.25, 0.3) is 0 Å². The summed E-state index contributed by atoms with van der Waals surface area (Å²) >= 11 is 0. The van der Waals surface area contributed by atoms with Crippen LogP contribution in [-0.4, -0.2) is 102 Å². The number of aromatic nitrogens is 4. The highest BCUT2D eigenvalue weighted by Gasteiger charge is 2.27. The van der Waals surface area contributed by atoms with E-state index in [4.69, 9.17) is 9.72 Å². The van der Waals surface area contributed by atoms with Gasteiger partial charge in [-0.25, -0.2) is 18.7 Å². The Kier molecular flexibility index (Phi) is 8.33. The summed E-state index contributed by atoms with van der Waals surface area (Å²) in [5.74, 6) is 0.294. The van der Waals surface area contributed by atoms with Crippen LogP contribution in [0.1, 0.15) is 30.9 Å². The number of halogens is 2. The number of nitrogens with one attached hydrogen (secondary N) is 1. The fourth-order valence-electron chi connectivity index (χ4n) is 5.96. The zero-order chi connectivity index (χ0) is 31.0. The van der Waals surface area contributed by atoms with Gasteiger partial charge < -0.3 is 24.4 Å². The van der Waals surface area contributed by atoms with Crippen LogP contribution in [0.5, 0.6) is 5.75 Å². The standard InChI is InChI=1S/C32H37F2N9O/c1-20(2)43-11-12-44-32-23(33)13-21(14-28(32)43)31-22(17-35)25(36-18-24(31)34)15-29-38-26-16-30(37-19-27(26)39-29)42-9-7-41(8-10-42)6-5-40(3)4/h13-14,16,18-20H,5-12,15H2,1-4H3,(H,38,39). The predicted octanol–water partition coefficient (Wildman–Crippen LogP) is 4.05. The van der Waals surface area contributed by atoms with Crippen LogP contribution in [0.3, 0.4) is 0 Å². The first-order chi connectivity index (χ1) is 21.2. The van der Waals surface area contributed by atoms with E-state index in [9.17, 15) is 5.26 Å². The van der Waals surface area contributed by atoms with E-state index in [0.717, 1.165) is 62.3 Å². The van der Waals surface area contributed by atoms with Crippen molar-refractivity contribution < 1.29 is 13.5 Å². The lowest BCUT2D eigenvalue weighted by Gasteiger charge is -2.35. The Morgan fingerprint density at radius 2 is 1.84 bits per heavy atom. The highest BCUT2D eigenvalue weighted by atomic mass is 19.1. The molecule has 0 spiro atoms. The lowest BCUT2D eigenvalue weighted by molar-refractivity contribution is 0.229. The molecule has 1 aromatic carbocycles. The van der Waals surface area contributed by atoms with Crippen molar-refractivity contribution in [2.75, 3.05) is 76.3 Å². The molecule has 12 heteroatoms. The minimum absolute atomic E-state index is 0.0123. The van der Waals surface area contributed by atoms with E-state index in [1.165, 1.54) is 6.07 Å². The Bertz CT molecular complexity index is 1710. The van der Waals surface area contributed by atoms with Gasteiger partial charge in [0.05, 0.1) is 46.9 Å². The van der Waals surface area contributed by atoms with E-state index >= 15 is 8.78 Å².